The second-order valence-electron chi connectivity index (χ2n) is 3.73. The van der Waals surface area contributed by atoms with E-state index >= 15 is 0 Å². The fraction of sp³-hybridized carbons (Fsp3) is 0.308. The third-order valence-corrected chi connectivity index (χ3v) is 3.70. The number of carbonyl (C=O) groups is 1. The first-order valence-electron chi connectivity index (χ1n) is 5.57. The molecule has 1 aromatic carbocycles. The van der Waals surface area contributed by atoms with Gasteiger partial charge in [0.2, 0.25) is 0 Å². The Bertz CT molecular complexity index is 507. The number of fused-ring (bicyclic) bond motifs is 1. The van der Waals surface area contributed by atoms with Crippen LogP contribution in [0.5, 0.6) is 0 Å². The lowest BCUT2D eigenvalue weighted by Gasteiger charge is -2.00. The molecular formula is C13H15NO2S. The zero-order valence-corrected chi connectivity index (χ0v) is 10.5. The Morgan fingerprint density at radius 3 is 3.06 bits per heavy atom. The Labute approximate surface area is 105 Å². The zero-order chi connectivity index (χ0) is 12.1. The first-order valence-corrected chi connectivity index (χ1v) is 6.55. The molecule has 1 N–H and O–H groups in total. The lowest BCUT2D eigenvalue weighted by atomic mass is 10.2. The number of hydrogen-bond donors (Lipinski definition) is 1. The second kappa shape index (κ2) is 5.77. The summed E-state index contributed by atoms with van der Waals surface area (Å²) in [5, 5.41) is 1.25. The van der Waals surface area contributed by atoms with Gasteiger partial charge in [0.25, 0.3) is 0 Å². The number of esters is 1. The normalized spacial score (nSPS) is 10.6. The number of ether oxygens (including phenoxy) is 1. The monoisotopic (exact) mass is 249 g/mol. The molecule has 0 saturated heterocycles. The van der Waals surface area contributed by atoms with Gasteiger partial charge in [0.1, 0.15) is 0 Å². The average molecular weight is 249 g/mol. The highest BCUT2D eigenvalue weighted by Gasteiger charge is 2.04. The van der Waals surface area contributed by atoms with Gasteiger partial charge in [-0.3, -0.25) is 4.79 Å². The van der Waals surface area contributed by atoms with Crippen LogP contribution in [-0.2, 0) is 9.53 Å². The molecule has 1 heterocycles. The molecule has 4 heteroatoms. The van der Waals surface area contributed by atoms with Crippen molar-refractivity contribution >= 4 is 28.6 Å². The summed E-state index contributed by atoms with van der Waals surface area (Å²) in [6.45, 7) is 0. The Hall–Kier alpha value is -1.42. The van der Waals surface area contributed by atoms with Crippen molar-refractivity contribution in [2.75, 3.05) is 12.9 Å². The summed E-state index contributed by atoms with van der Waals surface area (Å²) in [5.74, 6) is 0.793. The van der Waals surface area contributed by atoms with Crippen LogP contribution in [0.25, 0.3) is 10.9 Å². The fourth-order valence-electron chi connectivity index (χ4n) is 1.67. The van der Waals surface area contributed by atoms with Gasteiger partial charge in [-0.1, -0.05) is 18.2 Å². The number of aromatic nitrogens is 1. The number of benzene rings is 1. The number of rotatable bonds is 5. The van der Waals surface area contributed by atoms with Gasteiger partial charge in [0.05, 0.1) is 7.11 Å². The highest BCUT2D eigenvalue weighted by atomic mass is 32.2. The van der Waals surface area contributed by atoms with Gasteiger partial charge >= 0.3 is 5.97 Å². The smallest absolute Gasteiger partial charge is 0.305 e. The minimum atomic E-state index is -0.135. The Morgan fingerprint density at radius 1 is 1.41 bits per heavy atom. The molecule has 0 saturated carbocycles. The van der Waals surface area contributed by atoms with E-state index in [1.165, 1.54) is 17.4 Å². The first kappa shape index (κ1) is 12.0. The van der Waals surface area contributed by atoms with Gasteiger partial charge in [0, 0.05) is 28.4 Å². The molecule has 0 atom stereocenters. The number of carbonyl (C=O) groups excluding carboxylic acids is 1. The molecule has 0 radical (unpaired) electrons. The largest absolute Gasteiger partial charge is 0.469 e. The molecule has 17 heavy (non-hydrogen) atoms. The molecule has 0 spiro atoms. The molecule has 0 aliphatic carbocycles. The number of H-pyrrole nitrogens is 1. The predicted octanol–water partition coefficient (Wildman–Crippen LogP) is 3.21. The van der Waals surface area contributed by atoms with Crippen LogP contribution in [0.2, 0.25) is 0 Å². The number of aromatic amines is 1. The van der Waals surface area contributed by atoms with Gasteiger partial charge in [-0.15, -0.1) is 11.8 Å². The molecule has 2 rings (SSSR count). The van der Waals surface area contributed by atoms with Crippen LogP contribution in [0.1, 0.15) is 12.8 Å². The van der Waals surface area contributed by atoms with Gasteiger partial charge < -0.3 is 9.72 Å². The van der Waals surface area contributed by atoms with E-state index in [1.54, 1.807) is 11.8 Å². The standard InChI is InChI=1S/C13H15NO2S/c1-16-13(15)7-4-8-17-12-9-14-11-6-3-2-5-10(11)12/h2-3,5-6,9,14H,4,7-8H2,1H3. The number of thioether (sulfide) groups is 1. The molecule has 0 aliphatic heterocycles. The minimum absolute atomic E-state index is 0.135. The highest BCUT2D eigenvalue weighted by molar-refractivity contribution is 7.99. The van der Waals surface area contributed by atoms with Gasteiger partial charge in [0.15, 0.2) is 0 Å². The van der Waals surface area contributed by atoms with Crippen LogP contribution in [-0.4, -0.2) is 23.8 Å². The van der Waals surface area contributed by atoms with Crippen molar-refractivity contribution in [3.05, 3.63) is 30.5 Å². The summed E-state index contributed by atoms with van der Waals surface area (Å²) in [4.78, 5) is 15.4. The molecule has 0 fully saturated rings. The second-order valence-corrected chi connectivity index (χ2v) is 4.86. The summed E-state index contributed by atoms with van der Waals surface area (Å²) in [6.07, 6.45) is 3.36. The Kier molecular flexibility index (Phi) is 4.09. The SMILES string of the molecule is COC(=O)CCCSc1c[nH]c2ccccc12. The molecule has 0 unspecified atom stereocenters. The Morgan fingerprint density at radius 2 is 2.24 bits per heavy atom. The predicted molar refractivity (Wildman–Crippen MR) is 70.3 cm³/mol. The van der Waals surface area contributed by atoms with E-state index in [0.29, 0.717) is 6.42 Å². The van der Waals surface area contributed by atoms with Crippen molar-refractivity contribution in [1.82, 2.24) is 4.98 Å². The van der Waals surface area contributed by atoms with Crippen LogP contribution < -0.4 is 0 Å². The number of hydrogen-bond acceptors (Lipinski definition) is 3. The number of nitrogens with one attached hydrogen (secondary N) is 1. The van der Waals surface area contributed by atoms with Gasteiger partial charge in [-0.2, -0.15) is 0 Å². The van der Waals surface area contributed by atoms with Crippen molar-refractivity contribution < 1.29 is 9.53 Å². The molecule has 0 bridgehead atoms. The molecule has 3 nitrogen and oxygen atoms in total. The van der Waals surface area contributed by atoms with E-state index in [0.717, 1.165) is 17.7 Å². The van der Waals surface area contributed by atoms with Crippen LogP contribution in [0.15, 0.2) is 35.4 Å². The topological polar surface area (TPSA) is 42.1 Å². The minimum Gasteiger partial charge on any atom is -0.469 e. The van der Waals surface area contributed by atoms with Gasteiger partial charge in [-0.25, -0.2) is 0 Å². The summed E-state index contributed by atoms with van der Waals surface area (Å²) in [5.41, 5.74) is 1.16. The molecule has 0 amide bonds. The van der Waals surface area contributed by atoms with Crippen molar-refractivity contribution in [3.8, 4) is 0 Å². The third-order valence-electron chi connectivity index (χ3n) is 2.56. The zero-order valence-electron chi connectivity index (χ0n) is 9.73. The van der Waals surface area contributed by atoms with E-state index in [9.17, 15) is 4.79 Å². The van der Waals surface area contributed by atoms with E-state index in [4.69, 9.17) is 0 Å². The highest BCUT2D eigenvalue weighted by Crippen LogP contribution is 2.28. The summed E-state index contributed by atoms with van der Waals surface area (Å²) < 4.78 is 4.60. The number of methoxy groups -OCH3 is 1. The summed E-state index contributed by atoms with van der Waals surface area (Å²) in [7, 11) is 1.43. The van der Waals surface area contributed by atoms with Crippen LogP contribution >= 0.6 is 11.8 Å². The molecule has 2 aromatic rings. The summed E-state index contributed by atoms with van der Waals surface area (Å²) >= 11 is 1.77. The van der Waals surface area contributed by atoms with E-state index in [2.05, 4.69) is 21.9 Å². The van der Waals surface area contributed by atoms with Crippen molar-refractivity contribution in [2.24, 2.45) is 0 Å². The summed E-state index contributed by atoms with van der Waals surface area (Å²) in [6, 6.07) is 8.22. The molecular weight excluding hydrogens is 234 g/mol. The number of para-hydroxylation sites is 1. The van der Waals surface area contributed by atoms with E-state index < -0.39 is 0 Å². The maximum Gasteiger partial charge on any atom is 0.305 e. The van der Waals surface area contributed by atoms with Crippen LogP contribution in [0, 0.1) is 0 Å². The fourth-order valence-corrected chi connectivity index (χ4v) is 2.65. The lowest BCUT2D eigenvalue weighted by Crippen LogP contribution is -1.99. The molecule has 1 aromatic heterocycles. The first-order chi connectivity index (χ1) is 8.31. The average Bonchev–Trinajstić information content (AvgIpc) is 2.78. The van der Waals surface area contributed by atoms with Crippen molar-refractivity contribution in [1.29, 1.82) is 0 Å². The third kappa shape index (κ3) is 3.03. The lowest BCUT2D eigenvalue weighted by molar-refractivity contribution is -0.140. The maximum atomic E-state index is 10.9. The maximum absolute atomic E-state index is 10.9. The van der Waals surface area contributed by atoms with Gasteiger partial charge in [-0.05, 0) is 18.2 Å². The van der Waals surface area contributed by atoms with Crippen LogP contribution in [0.3, 0.4) is 0 Å². The van der Waals surface area contributed by atoms with Crippen molar-refractivity contribution in [3.63, 3.8) is 0 Å². The van der Waals surface area contributed by atoms with E-state index in [1.807, 2.05) is 18.3 Å². The Balaban J connectivity index is 1.89. The quantitative estimate of drug-likeness (QED) is 0.502. The molecule has 0 aliphatic rings. The molecule has 90 valence electrons. The van der Waals surface area contributed by atoms with Crippen molar-refractivity contribution in [2.45, 2.75) is 17.7 Å². The van der Waals surface area contributed by atoms with E-state index in [-0.39, 0.29) is 5.97 Å². The van der Waals surface area contributed by atoms with Crippen LogP contribution in [0.4, 0.5) is 0 Å².